The van der Waals surface area contributed by atoms with Crippen LogP contribution in [0.1, 0.15) is 18.5 Å². The van der Waals surface area contributed by atoms with Crippen molar-refractivity contribution in [1.29, 1.82) is 0 Å². The van der Waals surface area contributed by atoms with Gasteiger partial charge in [0.2, 0.25) is 0 Å². The van der Waals surface area contributed by atoms with Crippen molar-refractivity contribution in [3.63, 3.8) is 0 Å². The molecule has 1 rings (SSSR count). The van der Waals surface area contributed by atoms with Crippen LogP contribution < -0.4 is 10.5 Å². The van der Waals surface area contributed by atoms with Crippen molar-refractivity contribution < 1.29 is 17.2 Å². The Balaban J connectivity index is 2.81. The van der Waals surface area contributed by atoms with Gasteiger partial charge in [-0.15, -0.1) is 0 Å². The van der Waals surface area contributed by atoms with Crippen LogP contribution in [0, 0.1) is 0 Å². The standard InChI is InChI=1S/C9H12F2N2O2S/c1-6(13-16(14,15)9(10)11)7-2-4-8(12)5-3-7/h2-6,9,13H,12H2,1H3. The molecule has 1 aromatic carbocycles. The van der Waals surface area contributed by atoms with Crippen molar-refractivity contribution in [2.24, 2.45) is 0 Å². The highest BCUT2D eigenvalue weighted by Crippen LogP contribution is 2.16. The van der Waals surface area contributed by atoms with Gasteiger partial charge in [0.15, 0.2) is 0 Å². The lowest BCUT2D eigenvalue weighted by molar-refractivity contribution is 0.231. The molecule has 0 spiro atoms. The van der Waals surface area contributed by atoms with Crippen LogP contribution in [0.5, 0.6) is 0 Å². The molecule has 1 atom stereocenters. The van der Waals surface area contributed by atoms with E-state index in [1.165, 1.54) is 6.92 Å². The summed E-state index contributed by atoms with van der Waals surface area (Å²) in [6, 6.07) is 5.58. The van der Waals surface area contributed by atoms with E-state index >= 15 is 0 Å². The van der Waals surface area contributed by atoms with Crippen molar-refractivity contribution >= 4 is 15.7 Å². The van der Waals surface area contributed by atoms with Gasteiger partial charge >= 0.3 is 5.76 Å². The highest BCUT2D eigenvalue weighted by atomic mass is 32.2. The molecule has 0 saturated heterocycles. The van der Waals surface area contributed by atoms with Crippen LogP contribution in [0.2, 0.25) is 0 Å². The molecular formula is C9H12F2N2O2S. The second-order valence-electron chi connectivity index (χ2n) is 3.31. The maximum atomic E-state index is 12.1. The molecule has 0 bridgehead atoms. The van der Waals surface area contributed by atoms with Crippen LogP contribution in [0.25, 0.3) is 0 Å². The molecule has 0 amide bonds. The number of nitrogens with two attached hydrogens (primary N) is 1. The quantitative estimate of drug-likeness (QED) is 0.795. The minimum Gasteiger partial charge on any atom is -0.399 e. The average Bonchev–Trinajstić information content (AvgIpc) is 2.17. The third-order valence-corrected chi connectivity index (χ3v) is 3.16. The zero-order valence-electron chi connectivity index (χ0n) is 8.52. The van der Waals surface area contributed by atoms with Crippen molar-refractivity contribution in [1.82, 2.24) is 4.72 Å². The molecule has 0 radical (unpaired) electrons. The first kappa shape index (κ1) is 12.9. The fraction of sp³-hybridized carbons (Fsp3) is 0.333. The van der Waals surface area contributed by atoms with Crippen molar-refractivity contribution in [2.75, 3.05) is 5.73 Å². The minimum absolute atomic E-state index is 0.521. The first-order chi connectivity index (χ1) is 7.33. The number of hydrogen-bond donors (Lipinski definition) is 2. The molecule has 0 fully saturated rings. The summed E-state index contributed by atoms with van der Waals surface area (Å²) in [6.07, 6.45) is 0. The highest BCUT2D eigenvalue weighted by Gasteiger charge is 2.25. The molecule has 1 aromatic rings. The fourth-order valence-electron chi connectivity index (χ4n) is 1.15. The first-order valence-electron chi connectivity index (χ1n) is 4.47. The normalized spacial score (nSPS) is 14.0. The Bertz CT molecular complexity index is 445. The number of nitrogen functional groups attached to an aromatic ring is 1. The molecular weight excluding hydrogens is 238 g/mol. The Hall–Kier alpha value is -1.21. The van der Waals surface area contributed by atoms with Crippen molar-refractivity contribution in [2.45, 2.75) is 18.7 Å². The summed E-state index contributed by atoms with van der Waals surface area (Å²) in [5.41, 5.74) is 6.53. The molecule has 0 aliphatic carbocycles. The number of hydrogen-bond acceptors (Lipinski definition) is 3. The lowest BCUT2D eigenvalue weighted by Gasteiger charge is -2.14. The second-order valence-corrected chi connectivity index (χ2v) is 4.99. The van der Waals surface area contributed by atoms with Gasteiger partial charge in [-0.2, -0.15) is 8.78 Å². The topological polar surface area (TPSA) is 72.2 Å². The van der Waals surface area contributed by atoms with Gasteiger partial charge in [0.25, 0.3) is 10.0 Å². The molecule has 0 heterocycles. The highest BCUT2D eigenvalue weighted by molar-refractivity contribution is 7.89. The van der Waals surface area contributed by atoms with E-state index in [0.717, 1.165) is 0 Å². The summed E-state index contributed by atoms with van der Waals surface area (Å²) < 4.78 is 47.8. The maximum Gasteiger partial charge on any atom is 0.350 e. The lowest BCUT2D eigenvalue weighted by Crippen LogP contribution is -2.31. The second kappa shape index (κ2) is 4.75. The zero-order valence-corrected chi connectivity index (χ0v) is 9.34. The molecule has 0 saturated carbocycles. The van der Waals surface area contributed by atoms with E-state index in [1.54, 1.807) is 24.3 Å². The summed E-state index contributed by atoms with van der Waals surface area (Å²) in [5.74, 6) is -3.43. The number of anilines is 1. The Kier molecular flexibility index (Phi) is 3.82. The van der Waals surface area contributed by atoms with Gasteiger partial charge in [0.05, 0.1) is 0 Å². The van der Waals surface area contributed by atoms with E-state index < -0.39 is 21.8 Å². The van der Waals surface area contributed by atoms with E-state index in [-0.39, 0.29) is 0 Å². The van der Waals surface area contributed by atoms with Crippen LogP contribution in [0.3, 0.4) is 0 Å². The molecule has 16 heavy (non-hydrogen) atoms. The molecule has 0 aromatic heterocycles. The molecule has 7 heteroatoms. The largest absolute Gasteiger partial charge is 0.399 e. The van der Waals surface area contributed by atoms with Crippen LogP contribution in [-0.4, -0.2) is 14.2 Å². The number of benzene rings is 1. The number of rotatable bonds is 4. The van der Waals surface area contributed by atoms with E-state index in [0.29, 0.717) is 11.3 Å². The lowest BCUT2D eigenvalue weighted by atomic mass is 10.1. The maximum absolute atomic E-state index is 12.1. The van der Waals surface area contributed by atoms with Crippen LogP contribution in [-0.2, 0) is 10.0 Å². The van der Waals surface area contributed by atoms with Gasteiger partial charge < -0.3 is 5.73 Å². The molecule has 3 N–H and O–H groups in total. The monoisotopic (exact) mass is 250 g/mol. The Morgan fingerprint density at radius 1 is 1.25 bits per heavy atom. The van der Waals surface area contributed by atoms with E-state index in [2.05, 4.69) is 0 Å². The third kappa shape index (κ3) is 3.14. The number of halogens is 2. The van der Waals surface area contributed by atoms with Crippen LogP contribution in [0.15, 0.2) is 24.3 Å². The van der Waals surface area contributed by atoms with E-state index in [9.17, 15) is 17.2 Å². The van der Waals surface area contributed by atoms with Crippen LogP contribution >= 0.6 is 0 Å². The van der Waals surface area contributed by atoms with Gasteiger partial charge in [-0.3, -0.25) is 0 Å². The molecule has 4 nitrogen and oxygen atoms in total. The van der Waals surface area contributed by atoms with E-state index in [4.69, 9.17) is 5.73 Å². The Morgan fingerprint density at radius 3 is 2.19 bits per heavy atom. The Morgan fingerprint density at radius 2 is 1.75 bits per heavy atom. The van der Waals surface area contributed by atoms with Crippen molar-refractivity contribution in [3.8, 4) is 0 Å². The summed E-state index contributed by atoms with van der Waals surface area (Å²) in [6.45, 7) is 1.48. The number of sulfonamides is 1. The number of nitrogens with one attached hydrogen (secondary N) is 1. The van der Waals surface area contributed by atoms with Gasteiger partial charge in [-0.1, -0.05) is 12.1 Å². The van der Waals surface area contributed by atoms with Crippen LogP contribution in [0.4, 0.5) is 14.5 Å². The summed E-state index contributed by atoms with van der Waals surface area (Å²) in [7, 11) is -4.57. The minimum atomic E-state index is -4.57. The zero-order chi connectivity index (χ0) is 12.3. The fourth-order valence-corrected chi connectivity index (χ4v) is 1.88. The van der Waals surface area contributed by atoms with Gasteiger partial charge in [0.1, 0.15) is 0 Å². The third-order valence-electron chi connectivity index (χ3n) is 2.01. The van der Waals surface area contributed by atoms with Gasteiger partial charge in [-0.05, 0) is 24.6 Å². The molecule has 0 aliphatic heterocycles. The summed E-state index contributed by atoms with van der Waals surface area (Å²) in [4.78, 5) is 0. The van der Waals surface area contributed by atoms with Crippen molar-refractivity contribution in [3.05, 3.63) is 29.8 Å². The SMILES string of the molecule is CC(NS(=O)(=O)C(F)F)c1ccc(N)cc1. The average molecular weight is 250 g/mol. The summed E-state index contributed by atoms with van der Waals surface area (Å²) in [5, 5.41) is 0. The smallest absolute Gasteiger partial charge is 0.350 e. The first-order valence-corrected chi connectivity index (χ1v) is 6.02. The van der Waals surface area contributed by atoms with Gasteiger partial charge in [-0.25, -0.2) is 13.1 Å². The molecule has 0 aliphatic rings. The summed E-state index contributed by atoms with van der Waals surface area (Å²) >= 11 is 0. The van der Waals surface area contributed by atoms with Gasteiger partial charge in [0, 0.05) is 11.7 Å². The molecule has 1 unspecified atom stereocenters. The van der Waals surface area contributed by atoms with E-state index in [1.807, 2.05) is 4.72 Å². The number of alkyl halides is 2. The predicted octanol–water partition coefficient (Wildman–Crippen LogP) is 1.47. The molecule has 90 valence electrons. The predicted molar refractivity (Wildman–Crippen MR) is 57.3 cm³/mol. The Labute approximate surface area is 92.5 Å².